The Balaban J connectivity index is 2.00. The van der Waals surface area contributed by atoms with Crippen LogP contribution in [0, 0.1) is 5.92 Å². The second kappa shape index (κ2) is 8.11. The van der Waals surface area contributed by atoms with Gasteiger partial charge in [0.2, 0.25) is 5.91 Å². The maximum Gasteiger partial charge on any atom is 0.280 e. The summed E-state index contributed by atoms with van der Waals surface area (Å²) in [5.74, 6) is -0.187. The molecule has 0 radical (unpaired) electrons. The van der Waals surface area contributed by atoms with Crippen LogP contribution in [0.5, 0.6) is 0 Å². The minimum absolute atomic E-state index is 0.0989. The molecule has 126 valence electrons. The highest BCUT2D eigenvalue weighted by molar-refractivity contribution is 5.80. The van der Waals surface area contributed by atoms with Crippen molar-refractivity contribution in [3.8, 4) is 0 Å². The van der Waals surface area contributed by atoms with Gasteiger partial charge in [0.15, 0.2) is 6.04 Å². The van der Waals surface area contributed by atoms with E-state index in [9.17, 15) is 9.59 Å². The highest BCUT2D eigenvalue weighted by Crippen LogP contribution is 2.09. The number of quaternary nitrogens is 1. The number of nitrogens with two attached hydrogens (primary N) is 1. The van der Waals surface area contributed by atoms with Gasteiger partial charge in [-0.15, -0.1) is 0 Å². The Bertz CT molecular complexity index is 532. The Morgan fingerprint density at radius 2 is 2.04 bits per heavy atom. The van der Waals surface area contributed by atoms with Crippen LogP contribution in [-0.4, -0.2) is 42.4 Å². The Morgan fingerprint density at radius 1 is 1.35 bits per heavy atom. The smallest absolute Gasteiger partial charge is 0.280 e. The summed E-state index contributed by atoms with van der Waals surface area (Å²) < 4.78 is 0. The average Bonchev–Trinajstić information content (AvgIpc) is 2.59. The summed E-state index contributed by atoms with van der Waals surface area (Å²) >= 11 is 0. The molecule has 0 saturated carbocycles. The number of nitrogens with one attached hydrogen (secondary N) is 1. The molecule has 0 aromatic heterocycles. The summed E-state index contributed by atoms with van der Waals surface area (Å²) in [7, 11) is 0. The van der Waals surface area contributed by atoms with Crippen LogP contribution in [0.2, 0.25) is 0 Å². The van der Waals surface area contributed by atoms with Crippen molar-refractivity contribution in [2.45, 2.75) is 39.3 Å². The first-order valence-electron chi connectivity index (χ1n) is 8.49. The molecule has 1 aromatic carbocycles. The molecule has 0 spiro atoms. The number of carbonyl (C=O) groups is 2. The third-order valence-electron chi connectivity index (χ3n) is 4.85. The molecule has 0 bridgehead atoms. The van der Waals surface area contributed by atoms with Gasteiger partial charge in [0.1, 0.15) is 0 Å². The molecule has 1 fully saturated rings. The number of likely N-dealkylation sites (N-methyl/N-ethyl adjacent to an activating group) is 1. The van der Waals surface area contributed by atoms with Crippen molar-refractivity contribution in [2.75, 3.05) is 19.6 Å². The molecule has 1 aliphatic rings. The maximum atomic E-state index is 12.8. The number of carbonyl (C=O) groups excluding carboxylic acids is 2. The molecule has 3 N–H and O–H groups in total. The van der Waals surface area contributed by atoms with Crippen LogP contribution in [0.25, 0.3) is 0 Å². The van der Waals surface area contributed by atoms with E-state index in [1.807, 2.05) is 49.1 Å². The number of hydrogen-bond donors (Lipinski definition) is 2. The topological polar surface area (TPSA) is 67.8 Å². The van der Waals surface area contributed by atoms with Gasteiger partial charge in [0.25, 0.3) is 5.91 Å². The predicted molar refractivity (Wildman–Crippen MR) is 89.6 cm³/mol. The summed E-state index contributed by atoms with van der Waals surface area (Å²) in [5, 5.41) is 0. The largest absolute Gasteiger partial charge is 0.369 e. The fourth-order valence-electron chi connectivity index (χ4n) is 3.33. The van der Waals surface area contributed by atoms with Gasteiger partial charge in [-0.2, -0.15) is 0 Å². The first-order valence-corrected chi connectivity index (χ1v) is 8.49. The maximum absolute atomic E-state index is 12.8. The van der Waals surface area contributed by atoms with E-state index in [-0.39, 0.29) is 23.8 Å². The van der Waals surface area contributed by atoms with E-state index in [1.165, 1.54) is 4.90 Å². The van der Waals surface area contributed by atoms with Crippen LogP contribution in [0.4, 0.5) is 0 Å². The molecule has 5 heteroatoms. The minimum atomic E-state index is -0.238. The third-order valence-corrected chi connectivity index (χ3v) is 4.85. The second-order valence-corrected chi connectivity index (χ2v) is 6.41. The van der Waals surface area contributed by atoms with Crippen molar-refractivity contribution in [2.24, 2.45) is 11.7 Å². The van der Waals surface area contributed by atoms with E-state index in [0.717, 1.165) is 24.9 Å². The lowest BCUT2D eigenvalue weighted by atomic mass is 9.96. The van der Waals surface area contributed by atoms with Gasteiger partial charge in [0, 0.05) is 13.1 Å². The highest BCUT2D eigenvalue weighted by Gasteiger charge is 2.34. The zero-order chi connectivity index (χ0) is 16.8. The minimum Gasteiger partial charge on any atom is -0.369 e. The molecule has 3 atom stereocenters. The van der Waals surface area contributed by atoms with Crippen molar-refractivity contribution in [3.63, 3.8) is 0 Å². The lowest BCUT2D eigenvalue weighted by Gasteiger charge is -2.34. The lowest BCUT2D eigenvalue weighted by Crippen LogP contribution is -3.18. The number of hydrogen-bond acceptors (Lipinski definition) is 2. The van der Waals surface area contributed by atoms with Crippen molar-refractivity contribution in [3.05, 3.63) is 35.9 Å². The summed E-state index contributed by atoms with van der Waals surface area (Å²) in [5.41, 5.74) is 6.58. The highest BCUT2D eigenvalue weighted by atomic mass is 16.2. The van der Waals surface area contributed by atoms with E-state index >= 15 is 0 Å². The van der Waals surface area contributed by atoms with Gasteiger partial charge in [-0.05, 0) is 32.3 Å². The molecule has 1 heterocycles. The quantitative estimate of drug-likeness (QED) is 0.787. The van der Waals surface area contributed by atoms with Crippen molar-refractivity contribution in [1.82, 2.24) is 4.90 Å². The monoisotopic (exact) mass is 318 g/mol. The fourth-order valence-corrected chi connectivity index (χ4v) is 3.33. The van der Waals surface area contributed by atoms with Gasteiger partial charge >= 0.3 is 0 Å². The first kappa shape index (κ1) is 17.5. The number of nitrogens with zero attached hydrogens (tertiary/aromatic N) is 1. The van der Waals surface area contributed by atoms with Gasteiger partial charge in [-0.25, -0.2) is 0 Å². The molecule has 2 amide bonds. The number of amides is 2. The number of likely N-dealkylation sites (tertiary alicyclic amines) is 1. The van der Waals surface area contributed by atoms with Crippen LogP contribution in [-0.2, 0) is 16.1 Å². The van der Waals surface area contributed by atoms with Gasteiger partial charge in [0.05, 0.1) is 19.0 Å². The molecule has 1 unspecified atom stereocenters. The molecule has 1 aromatic rings. The standard InChI is InChI=1S/C18H27N3O2/c1-3-20(12-15-8-5-4-6-9-15)18(23)14(2)21-11-7-10-16(13-21)17(19)22/h4-6,8-9,14,16H,3,7,10-13H2,1-2H3,(H2,19,22)/p+1/t14-,16+/m1/s1. The van der Waals surface area contributed by atoms with Crippen molar-refractivity contribution in [1.29, 1.82) is 0 Å². The van der Waals surface area contributed by atoms with Gasteiger partial charge < -0.3 is 15.5 Å². The summed E-state index contributed by atoms with van der Waals surface area (Å²) in [6.45, 7) is 6.89. The second-order valence-electron chi connectivity index (χ2n) is 6.41. The first-order chi connectivity index (χ1) is 11.0. The van der Waals surface area contributed by atoms with Gasteiger partial charge in [-0.3, -0.25) is 9.59 Å². The van der Waals surface area contributed by atoms with Crippen LogP contribution in [0.1, 0.15) is 32.3 Å². The molecule has 1 aliphatic heterocycles. The van der Waals surface area contributed by atoms with E-state index < -0.39 is 0 Å². The van der Waals surface area contributed by atoms with Crippen LogP contribution < -0.4 is 10.6 Å². The van der Waals surface area contributed by atoms with Crippen molar-refractivity contribution >= 4 is 11.8 Å². The summed E-state index contributed by atoms with van der Waals surface area (Å²) in [6, 6.07) is 9.90. The Hall–Kier alpha value is -1.88. The molecular formula is C18H28N3O2+. The molecule has 2 rings (SSSR count). The van der Waals surface area contributed by atoms with Gasteiger partial charge in [-0.1, -0.05) is 30.3 Å². The van der Waals surface area contributed by atoms with E-state index in [2.05, 4.69) is 0 Å². The lowest BCUT2D eigenvalue weighted by molar-refractivity contribution is -0.921. The van der Waals surface area contributed by atoms with E-state index in [4.69, 9.17) is 5.73 Å². The molecule has 0 aliphatic carbocycles. The number of piperidine rings is 1. The van der Waals surface area contributed by atoms with Crippen molar-refractivity contribution < 1.29 is 14.5 Å². The molecule has 23 heavy (non-hydrogen) atoms. The van der Waals surface area contributed by atoms with E-state index in [1.54, 1.807) is 0 Å². The van der Waals surface area contributed by atoms with E-state index in [0.29, 0.717) is 19.6 Å². The fraction of sp³-hybridized carbons (Fsp3) is 0.556. The molecule has 1 saturated heterocycles. The van der Waals surface area contributed by atoms with Crippen LogP contribution in [0.15, 0.2) is 30.3 Å². The predicted octanol–water partition coefficient (Wildman–Crippen LogP) is 0.204. The number of rotatable bonds is 6. The Morgan fingerprint density at radius 3 is 2.65 bits per heavy atom. The molecular weight excluding hydrogens is 290 g/mol. The van der Waals surface area contributed by atoms with Crippen LogP contribution in [0.3, 0.4) is 0 Å². The average molecular weight is 318 g/mol. The zero-order valence-corrected chi connectivity index (χ0v) is 14.1. The number of benzene rings is 1. The Kier molecular flexibility index (Phi) is 6.16. The molecule has 5 nitrogen and oxygen atoms in total. The normalized spacial score (nSPS) is 22.3. The third kappa shape index (κ3) is 4.55. The number of primary amides is 1. The Labute approximate surface area is 138 Å². The van der Waals surface area contributed by atoms with Crippen LogP contribution >= 0.6 is 0 Å². The summed E-state index contributed by atoms with van der Waals surface area (Å²) in [6.07, 6.45) is 1.80. The summed E-state index contributed by atoms with van der Waals surface area (Å²) in [4.78, 5) is 27.3. The zero-order valence-electron chi connectivity index (χ0n) is 14.1. The SMILES string of the molecule is CCN(Cc1ccccc1)C(=O)[C@@H](C)[NH+]1CCC[C@H](C(N)=O)C1.